The van der Waals surface area contributed by atoms with Gasteiger partial charge in [0.1, 0.15) is 5.82 Å². The number of alkyl halides is 3. The van der Waals surface area contributed by atoms with E-state index in [-0.39, 0.29) is 35.8 Å². The SMILES string of the molecule is O=c1[nH]c2ccc(-c3ccc(S(=O)(=O)N4CCC(Nc5ccc(C(F)(F)F)cn5)CC4)cc3)cc2n1C1CC1. The Bertz CT molecular complexity index is 1670. The van der Waals surface area contributed by atoms with Crippen LogP contribution in [0.5, 0.6) is 0 Å². The van der Waals surface area contributed by atoms with Gasteiger partial charge in [-0.15, -0.1) is 0 Å². The van der Waals surface area contributed by atoms with Gasteiger partial charge in [0.25, 0.3) is 0 Å². The number of fused-ring (bicyclic) bond motifs is 1. The molecule has 1 saturated heterocycles. The van der Waals surface area contributed by atoms with Gasteiger partial charge in [0.05, 0.1) is 21.5 Å². The number of anilines is 1. The molecule has 0 radical (unpaired) electrons. The van der Waals surface area contributed by atoms with Crippen molar-refractivity contribution in [3.05, 3.63) is 76.8 Å². The Kier molecular flexibility index (Phi) is 6.26. The highest BCUT2D eigenvalue weighted by molar-refractivity contribution is 7.89. The average Bonchev–Trinajstić information content (AvgIpc) is 3.70. The van der Waals surface area contributed by atoms with Gasteiger partial charge in [0.2, 0.25) is 10.0 Å². The smallest absolute Gasteiger partial charge is 0.367 e. The van der Waals surface area contributed by atoms with E-state index < -0.39 is 21.8 Å². The van der Waals surface area contributed by atoms with E-state index in [1.165, 1.54) is 10.4 Å². The van der Waals surface area contributed by atoms with Gasteiger partial charge in [-0.3, -0.25) is 4.57 Å². The maximum absolute atomic E-state index is 13.3. The summed E-state index contributed by atoms with van der Waals surface area (Å²) in [6.07, 6.45) is -0.682. The number of imidazole rings is 1. The van der Waals surface area contributed by atoms with Gasteiger partial charge in [-0.05, 0) is 73.2 Å². The zero-order valence-corrected chi connectivity index (χ0v) is 21.6. The number of aromatic nitrogens is 3. The zero-order chi connectivity index (χ0) is 27.4. The standard InChI is InChI=1S/C27H26F3N5O3S/c28-27(29,30)19-4-10-25(31-16-19)32-20-11-13-34(14-12-20)39(37,38)22-7-1-17(2-8-22)18-3-9-23-24(15-18)35(21-5-6-21)26(36)33-23/h1-4,7-10,15-16,20-21H,5-6,11-14H2,(H,31,32)(H,33,36). The van der Waals surface area contributed by atoms with Gasteiger partial charge in [0.15, 0.2) is 0 Å². The number of pyridine rings is 1. The molecule has 3 heterocycles. The maximum atomic E-state index is 13.3. The molecular weight excluding hydrogens is 531 g/mol. The summed E-state index contributed by atoms with van der Waals surface area (Å²) in [6.45, 7) is 0.566. The van der Waals surface area contributed by atoms with Gasteiger partial charge in [-0.25, -0.2) is 18.2 Å². The fourth-order valence-electron chi connectivity index (χ4n) is 5.06. The van der Waals surface area contributed by atoms with E-state index in [9.17, 15) is 26.4 Å². The fraction of sp³-hybridized carbons (Fsp3) is 0.333. The van der Waals surface area contributed by atoms with Gasteiger partial charge in [0, 0.05) is 31.4 Å². The van der Waals surface area contributed by atoms with Crippen LogP contribution in [-0.4, -0.2) is 46.4 Å². The number of hydrogen-bond donors (Lipinski definition) is 2. The molecule has 6 rings (SSSR count). The molecule has 2 N–H and O–H groups in total. The number of piperidine rings is 1. The average molecular weight is 558 g/mol. The molecule has 1 saturated carbocycles. The molecule has 0 spiro atoms. The number of rotatable bonds is 6. The summed E-state index contributed by atoms with van der Waals surface area (Å²) in [7, 11) is -3.71. The number of sulfonamides is 1. The predicted octanol–water partition coefficient (Wildman–Crippen LogP) is 5.01. The summed E-state index contributed by atoms with van der Waals surface area (Å²) in [5.74, 6) is 0.326. The summed E-state index contributed by atoms with van der Waals surface area (Å²) >= 11 is 0. The highest BCUT2D eigenvalue weighted by Crippen LogP contribution is 2.37. The van der Waals surface area contributed by atoms with Crippen molar-refractivity contribution >= 4 is 26.9 Å². The van der Waals surface area contributed by atoms with Gasteiger partial charge >= 0.3 is 11.9 Å². The van der Waals surface area contributed by atoms with Crippen LogP contribution in [0.15, 0.2) is 70.5 Å². The number of halogens is 3. The molecular formula is C27H26F3N5O3S. The number of nitrogens with zero attached hydrogens (tertiary/aromatic N) is 3. The Labute approximate surface area is 222 Å². The second-order valence-electron chi connectivity index (χ2n) is 10.0. The largest absolute Gasteiger partial charge is 0.417 e. The van der Waals surface area contributed by atoms with Gasteiger partial charge in [-0.1, -0.05) is 18.2 Å². The molecule has 39 heavy (non-hydrogen) atoms. The van der Waals surface area contributed by atoms with E-state index in [2.05, 4.69) is 15.3 Å². The van der Waals surface area contributed by atoms with Crippen molar-refractivity contribution in [3.63, 3.8) is 0 Å². The molecule has 0 amide bonds. The lowest BCUT2D eigenvalue weighted by Crippen LogP contribution is -2.42. The molecule has 2 aromatic carbocycles. The van der Waals surface area contributed by atoms with Crippen LogP contribution in [0.25, 0.3) is 22.2 Å². The first-order valence-corrected chi connectivity index (χ1v) is 14.2. The minimum Gasteiger partial charge on any atom is -0.367 e. The topological polar surface area (TPSA) is 100 Å². The van der Waals surface area contributed by atoms with Gasteiger partial charge < -0.3 is 10.3 Å². The summed E-state index contributed by atoms with van der Waals surface area (Å²) in [5.41, 5.74) is 2.44. The maximum Gasteiger partial charge on any atom is 0.417 e. The van der Waals surface area contributed by atoms with Crippen LogP contribution in [0, 0.1) is 0 Å². The normalized spacial score (nSPS) is 17.5. The third kappa shape index (κ3) is 5.06. The van der Waals surface area contributed by atoms with E-state index in [1.54, 1.807) is 28.8 Å². The van der Waals surface area contributed by atoms with Crippen LogP contribution in [0.3, 0.4) is 0 Å². The fourth-order valence-corrected chi connectivity index (χ4v) is 6.53. The monoisotopic (exact) mass is 557 g/mol. The van der Waals surface area contributed by atoms with Crippen molar-refractivity contribution in [2.45, 2.75) is 48.8 Å². The first kappa shape index (κ1) is 25.6. The summed E-state index contributed by atoms with van der Waals surface area (Å²) < 4.78 is 68.0. The number of benzene rings is 2. The molecule has 204 valence electrons. The Balaban J connectivity index is 1.12. The zero-order valence-electron chi connectivity index (χ0n) is 20.8. The lowest BCUT2D eigenvalue weighted by molar-refractivity contribution is -0.137. The van der Waals surface area contributed by atoms with Crippen LogP contribution in [0.2, 0.25) is 0 Å². The highest BCUT2D eigenvalue weighted by atomic mass is 32.2. The number of H-pyrrole nitrogens is 1. The highest BCUT2D eigenvalue weighted by Gasteiger charge is 2.32. The molecule has 0 bridgehead atoms. The minimum atomic E-state index is -4.44. The molecule has 8 nitrogen and oxygen atoms in total. The second-order valence-corrected chi connectivity index (χ2v) is 12.0. The summed E-state index contributed by atoms with van der Waals surface area (Å²) in [5, 5.41) is 3.10. The Morgan fingerprint density at radius 3 is 2.23 bits per heavy atom. The van der Waals surface area contributed by atoms with Crippen molar-refractivity contribution < 1.29 is 21.6 Å². The van der Waals surface area contributed by atoms with Crippen molar-refractivity contribution in [1.82, 2.24) is 18.8 Å². The van der Waals surface area contributed by atoms with Crippen LogP contribution < -0.4 is 11.0 Å². The Morgan fingerprint density at radius 1 is 0.923 bits per heavy atom. The van der Waals surface area contributed by atoms with E-state index in [1.807, 2.05) is 18.2 Å². The third-order valence-corrected chi connectivity index (χ3v) is 9.26. The second kappa shape index (κ2) is 9.53. The number of hydrogen-bond acceptors (Lipinski definition) is 5. The molecule has 1 aliphatic heterocycles. The third-order valence-electron chi connectivity index (χ3n) is 7.35. The molecule has 12 heteroatoms. The molecule has 2 aromatic heterocycles. The predicted molar refractivity (Wildman–Crippen MR) is 141 cm³/mol. The summed E-state index contributed by atoms with van der Waals surface area (Å²) in [6, 6.07) is 14.9. The molecule has 2 fully saturated rings. The van der Waals surface area contributed by atoms with Crippen molar-refractivity contribution in [3.8, 4) is 11.1 Å². The summed E-state index contributed by atoms with van der Waals surface area (Å²) in [4.78, 5) is 19.2. The molecule has 4 aromatic rings. The van der Waals surface area contributed by atoms with Crippen molar-refractivity contribution in [2.24, 2.45) is 0 Å². The van der Waals surface area contributed by atoms with E-state index >= 15 is 0 Å². The lowest BCUT2D eigenvalue weighted by atomic mass is 10.1. The first-order valence-electron chi connectivity index (χ1n) is 12.7. The van der Waals surface area contributed by atoms with E-state index in [4.69, 9.17) is 0 Å². The quantitative estimate of drug-likeness (QED) is 0.347. The molecule has 0 atom stereocenters. The molecule has 1 aliphatic carbocycles. The van der Waals surface area contributed by atoms with Crippen LogP contribution in [-0.2, 0) is 16.2 Å². The van der Waals surface area contributed by atoms with Crippen LogP contribution in [0.4, 0.5) is 19.0 Å². The first-order chi connectivity index (χ1) is 18.6. The van der Waals surface area contributed by atoms with Gasteiger partial charge in [-0.2, -0.15) is 17.5 Å². The Hall–Kier alpha value is -3.64. The number of nitrogens with one attached hydrogen (secondary N) is 2. The van der Waals surface area contributed by atoms with Crippen molar-refractivity contribution in [1.29, 1.82) is 0 Å². The van der Waals surface area contributed by atoms with E-state index in [0.29, 0.717) is 18.7 Å². The van der Waals surface area contributed by atoms with Crippen LogP contribution >= 0.6 is 0 Å². The van der Waals surface area contributed by atoms with Crippen LogP contribution in [0.1, 0.15) is 37.3 Å². The minimum absolute atomic E-state index is 0.0977. The lowest BCUT2D eigenvalue weighted by Gasteiger charge is -2.32. The van der Waals surface area contributed by atoms with E-state index in [0.717, 1.165) is 47.3 Å². The molecule has 2 aliphatic rings. The Morgan fingerprint density at radius 2 is 1.62 bits per heavy atom. The molecule has 0 unspecified atom stereocenters. The van der Waals surface area contributed by atoms with Crippen molar-refractivity contribution in [2.75, 3.05) is 18.4 Å². The number of aromatic amines is 1.